The van der Waals surface area contributed by atoms with E-state index in [2.05, 4.69) is 15.1 Å². The average molecular weight is 346 g/mol. The summed E-state index contributed by atoms with van der Waals surface area (Å²) in [6.45, 7) is 1.58. The maximum Gasteiger partial charge on any atom is 0.342 e. The lowest BCUT2D eigenvalue weighted by atomic mass is 10.2. The van der Waals surface area contributed by atoms with Gasteiger partial charge < -0.3 is 14.4 Å². The van der Waals surface area contributed by atoms with Gasteiger partial charge >= 0.3 is 5.97 Å². The van der Waals surface area contributed by atoms with Crippen LogP contribution in [0.4, 0.5) is 0 Å². The van der Waals surface area contributed by atoms with Crippen LogP contribution in [0.2, 0.25) is 5.02 Å². The number of halogens is 1. The van der Waals surface area contributed by atoms with Crippen molar-refractivity contribution in [2.45, 2.75) is 13.0 Å². The van der Waals surface area contributed by atoms with Crippen LogP contribution in [0.3, 0.4) is 0 Å². The summed E-state index contributed by atoms with van der Waals surface area (Å²) in [7, 11) is 0. The predicted octanol–water partition coefficient (Wildman–Crippen LogP) is 3.41. The topological polar surface area (TPSA) is 98.3 Å². The van der Waals surface area contributed by atoms with Crippen molar-refractivity contribution in [1.82, 2.24) is 15.1 Å². The fraction of sp³-hybridized carbons (Fsp3) is 0.125. The lowest BCUT2D eigenvalue weighted by Crippen LogP contribution is -2.09. The SMILES string of the molecule is C[C@@H](OC(=O)c1cc(Cl)ccc1O)c1nc(-c2cccnc2)no1. The summed E-state index contributed by atoms with van der Waals surface area (Å²) in [5.41, 5.74) is 0.639. The molecule has 0 aliphatic carbocycles. The Morgan fingerprint density at radius 2 is 2.21 bits per heavy atom. The van der Waals surface area contributed by atoms with Crippen LogP contribution in [0.25, 0.3) is 11.4 Å². The first-order chi connectivity index (χ1) is 11.5. The monoisotopic (exact) mass is 345 g/mol. The van der Waals surface area contributed by atoms with Crippen LogP contribution in [0.15, 0.2) is 47.2 Å². The molecule has 0 saturated heterocycles. The summed E-state index contributed by atoms with van der Waals surface area (Å²) in [5.74, 6) is -0.503. The number of phenols is 1. The number of hydrogen-bond acceptors (Lipinski definition) is 7. The number of benzene rings is 1. The molecule has 0 bridgehead atoms. The number of hydrogen-bond donors (Lipinski definition) is 1. The van der Waals surface area contributed by atoms with Gasteiger partial charge in [0.2, 0.25) is 5.82 Å². The van der Waals surface area contributed by atoms with Gasteiger partial charge in [0, 0.05) is 23.0 Å². The third-order valence-electron chi connectivity index (χ3n) is 3.17. The van der Waals surface area contributed by atoms with E-state index in [-0.39, 0.29) is 17.2 Å². The Kier molecular flexibility index (Phi) is 4.43. The molecule has 3 aromatic rings. The highest BCUT2D eigenvalue weighted by atomic mass is 35.5. The number of phenolic OH excluding ortho intramolecular Hbond substituents is 1. The molecule has 0 amide bonds. The molecule has 0 saturated carbocycles. The quantitative estimate of drug-likeness (QED) is 0.723. The number of esters is 1. The van der Waals surface area contributed by atoms with Crippen LogP contribution in [0.1, 0.15) is 29.3 Å². The second-order valence-electron chi connectivity index (χ2n) is 4.91. The molecule has 0 spiro atoms. The number of aromatic nitrogens is 3. The lowest BCUT2D eigenvalue weighted by Gasteiger charge is -2.10. The largest absolute Gasteiger partial charge is 0.507 e. The lowest BCUT2D eigenvalue weighted by molar-refractivity contribution is 0.0262. The summed E-state index contributed by atoms with van der Waals surface area (Å²) in [5, 5.41) is 13.9. The smallest absolute Gasteiger partial charge is 0.342 e. The number of nitrogens with zero attached hydrogens (tertiary/aromatic N) is 3. The first kappa shape index (κ1) is 15.9. The first-order valence-electron chi connectivity index (χ1n) is 6.98. The maximum atomic E-state index is 12.1. The highest BCUT2D eigenvalue weighted by Crippen LogP contribution is 2.25. The van der Waals surface area contributed by atoms with E-state index < -0.39 is 12.1 Å². The van der Waals surface area contributed by atoms with E-state index in [0.717, 1.165) is 0 Å². The third kappa shape index (κ3) is 3.36. The molecule has 7 nitrogen and oxygen atoms in total. The Bertz CT molecular complexity index is 867. The molecule has 1 aromatic carbocycles. The fourth-order valence-corrected chi connectivity index (χ4v) is 2.13. The number of carbonyl (C=O) groups excluding carboxylic acids is 1. The Hall–Kier alpha value is -2.93. The van der Waals surface area contributed by atoms with Crippen molar-refractivity contribution >= 4 is 17.6 Å². The van der Waals surface area contributed by atoms with Crippen LogP contribution < -0.4 is 0 Å². The minimum atomic E-state index is -0.797. The minimum Gasteiger partial charge on any atom is -0.507 e. The Balaban J connectivity index is 1.75. The molecule has 2 aromatic heterocycles. The van der Waals surface area contributed by atoms with Crippen molar-refractivity contribution in [2.24, 2.45) is 0 Å². The predicted molar refractivity (Wildman–Crippen MR) is 84.5 cm³/mol. The average Bonchev–Trinajstić information content (AvgIpc) is 3.08. The molecule has 8 heteroatoms. The summed E-state index contributed by atoms with van der Waals surface area (Å²) in [6.07, 6.45) is 2.43. The molecule has 122 valence electrons. The summed E-state index contributed by atoms with van der Waals surface area (Å²) in [4.78, 5) is 20.3. The van der Waals surface area contributed by atoms with E-state index in [9.17, 15) is 9.90 Å². The van der Waals surface area contributed by atoms with Crippen molar-refractivity contribution in [1.29, 1.82) is 0 Å². The normalized spacial score (nSPS) is 11.9. The molecule has 1 atom stereocenters. The molecule has 3 rings (SSSR count). The van der Waals surface area contributed by atoms with E-state index in [1.165, 1.54) is 18.2 Å². The van der Waals surface area contributed by atoms with Crippen molar-refractivity contribution in [3.63, 3.8) is 0 Å². The van der Waals surface area contributed by atoms with E-state index in [1.54, 1.807) is 31.5 Å². The Labute approximate surface area is 141 Å². The van der Waals surface area contributed by atoms with Crippen molar-refractivity contribution in [3.05, 3.63) is 59.2 Å². The number of ether oxygens (including phenoxy) is 1. The second kappa shape index (κ2) is 6.67. The van der Waals surface area contributed by atoms with Gasteiger partial charge in [-0.15, -0.1) is 0 Å². The number of carbonyl (C=O) groups is 1. The van der Waals surface area contributed by atoms with Gasteiger partial charge in [0.25, 0.3) is 5.89 Å². The summed E-state index contributed by atoms with van der Waals surface area (Å²) in [6, 6.07) is 7.63. The molecule has 0 radical (unpaired) electrons. The van der Waals surface area contributed by atoms with Crippen molar-refractivity contribution in [2.75, 3.05) is 0 Å². The number of rotatable bonds is 4. The van der Waals surface area contributed by atoms with Gasteiger partial charge in [-0.1, -0.05) is 16.8 Å². The summed E-state index contributed by atoms with van der Waals surface area (Å²) < 4.78 is 10.4. The zero-order valence-corrected chi connectivity index (χ0v) is 13.3. The molecule has 0 fully saturated rings. The van der Waals surface area contributed by atoms with Crippen LogP contribution in [0, 0.1) is 0 Å². The Morgan fingerprint density at radius 3 is 2.96 bits per heavy atom. The Morgan fingerprint density at radius 1 is 1.38 bits per heavy atom. The zero-order chi connectivity index (χ0) is 17.1. The molecular weight excluding hydrogens is 334 g/mol. The van der Waals surface area contributed by atoms with E-state index >= 15 is 0 Å². The second-order valence-corrected chi connectivity index (χ2v) is 5.34. The standard InChI is InChI=1S/C16H12ClN3O4/c1-9(23-16(22)12-7-11(17)4-5-13(12)21)15-19-14(20-24-15)10-3-2-6-18-8-10/h2-9,21H,1H3/t9-/m1/s1. The molecule has 24 heavy (non-hydrogen) atoms. The van der Waals surface area contributed by atoms with Gasteiger partial charge in [-0.05, 0) is 37.3 Å². The van der Waals surface area contributed by atoms with E-state index in [4.69, 9.17) is 20.9 Å². The van der Waals surface area contributed by atoms with Crippen LogP contribution in [0.5, 0.6) is 5.75 Å². The van der Waals surface area contributed by atoms with Crippen LogP contribution >= 0.6 is 11.6 Å². The number of aromatic hydroxyl groups is 1. The van der Waals surface area contributed by atoms with Gasteiger partial charge in [0.15, 0.2) is 6.10 Å². The molecule has 2 heterocycles. The molecule has 1 N–H and O–H groups in total. The van der Waals surface area contributed by atoms with E-state index in [0.29, 0.717) is 16.4 Å². The van der Waals surface area contributed by atoms with Gasteiger partial charge in [-0.2, -0.15) is 4.98 Å². The van der Waals surface area contributed by atoms with E-state index in [1.807, 2.05) is 0 Å². The van der Waals surface area contributed by atoms with Crippen molar-refractivity contribution in [3.8, 4) is 17.1 Å². The minimum absolute atomic E-state index is 0.0404. The van der Waals surface area contributed by atoms with Gasteiger partial charge in [-0.3, -0.25) is 4.98 Å². The fourth-order valence-electron chi connectivity index (χ4n) is 1.96. The van der Waals surface area contributed by atoms with Gasteiger partial charge in [-0.25, -0.2) is 4.79 Å². The number of pyridine rings is 1. The van der Waals surface area contributed by atoms with Gasteiger partial charge in [0.05, 0.1) is 0 Å². The van der Waals surface area contributed by atoms with Crippen LogP contribution in [-0.4, -0.2) is 26.2 Å². The third-order valence-corrected chi connectivity index (χ3v) is 3.41. The maximum absolute atomic E-state index is 12.1. The summed E-state index contributed by atoms with van der Waals surface area (Å²) >= 11 is 5.82. The highest BCUT2D eigenvalue weighted by Gasteiger charge is 2.22. The molecule has 0 unspecified atom stereocenters. The zero-order valence-electron chi connectivity index (χ0n) is 12.5. The first-order valence-corrected chi connectivity index (χ1v) is 7.36. The van der Waals surface area contributed by atoms with Gasteiger partial charge in [0.1, 0.15) is 11.3 Å². The molecular formula is C16H12ClN3O4. The van der Waals surface area contributed by atoms with Crippen molar-refractivity contribution < 1.29 is 19.2 Å². The molecule has 0 aliphatic rings. The highest BCUT2D eigenvalue weighted by molar-refractivity contribution is 6.31. The molecule has 0 aliphatic heterocycles. The van der Waals surface area contributed by atoms with Crippen LogP contribution in [-0.2, 0) is 4.74 Å².